The maximum Gasteiger partial charge on any atom is 0.573 e. The summed E-state index contributed by atoms with van der Waals surface area (Å²) in [6.07, 6.45) is -4.65. The highest BCUT2D eigenvalue weighted by Crippen LogP contribution is 2.40. The topological polar surface area (TPSA) is 127 Å². The van der Waals surface area contributed by atoms with Crippen molar-refractivity contribution in [3.63, 3.8) is 0 Å². The zero-order valence-corrected chi connectivity index (χ0v) is 26.6. The molecule has 1 fully saturated rings. The number of methoxy groups -OCH3 is 1. The maximum absolute atomic E-state index is 13.8. The minimum atomic E-state index is -4.91. The number of likely N-dealkylation sites (tertiary alicyclic amines) is 1. The van der Waals surface area contributed by atoms with Crippen molar-refractivity contribution in [3.8, 4) is 11.5 Å². The number of anilines is 3. The molecule has 4 atom stereocenters. The number of hydrogen-bond acceptors (Lipinski definition) is 7. The molecule has 48 heavy (non-hydrogen) atoms. The maximum atomic E-state index is 13.8. The van der Waals surface area contributed by atoms with Crippen molar-refractivity contribution in [1.29, 1.82) is 4.78 Å². The van der Waals surface area contributed by atoms with Gasteiger partial charge in [0, 0.05) is 30.2 Å². The van der Waals surface area contributed by atoms with E-state index in [1.165, 1.54) is 12.0 Å². The quantitative estimate of drug-likeness (QED) is 0.187. The van der Waals surface area contributed by atoms with Crippen molar-refractivity contribution < 1.29 is 36.8 Å². The van der Waals surface area contributed by atoms with Gasteiger partial charge >= 0.3 is 12.4 Å². The number of rotatable bonds is 7. The lowest BCUT2D eigenvalue weighted by Crippen LogP contribution is -2.66. The van der Waals surface area contributed by atoms with E-state index in [1.54, 1.807) is 24.3 Å². The molecule has 2 aliphatic heterocycles. The minimum Gasteiger partial charge on any atom is -0.497 e. The number of ether oxygens (including phenoxy) is 2. The number of para-hydroxylation sites is 2. The molecule has 4 unspecified atom stereocenters. The monoisotopic (exact) mass is 681 g/mol. The first-order chi connectivity index (χ1) is 22.9. The Balaban J connectivity index is 1.35. The van der Waals surface area contributed by atoms with Gasteiger partial charge in [-0.15, -0.1) is 13.2 Å². The number of urea groups is 1. The second-order valence-corrected chi connectivity index (χ2v) is 13.4. The summed E-state index contributed by atoms with van der Waals surface area (Å²) >= 11 is 0. The highest BCUT2D eigenvalue weighted by atomic mass is 32.2. The lowest BCUT2D eigenvalue weighted by molar-refractivity contribution is -0.274. The van der Waals surface area contributed by atoms with E-state index in [4.69, 9.17) is 9.52 Å². The molecule has 4 aromatic carbocycles. The molecule has 2 heterocycles. The van der Waals surface area contributed by atoms with Crippen molar-refractivity contribution in [2.24, 2.45) is 0 Å². The summed E-state index contributed by atoms with van der Waals surface area (Å²) in [6.45, 7) is -0.0470. The number of nitrogens with one attached hydrogen (secondary N) is 3. The first-order valence-corrected chi connectivity index (χ1v) is 16.7. The molecular formula is C34H34F3N5O5S. The Morgan fingerprint density at radius 2 is 1.44 bits per heavy atom. The van der Waals surface area contributed by atoms with E-state index in [0.717, 1.165) is 59.6 Å². The Kier molecular flexibility index (Phi) is 9.23. The van der Waals surface area contributed by atoms with Crippen molar-refractivity contribution in [2.45, 2.75) is 42.3 Å². The van der Waals surface area contributed by atoms with Gasteiger partial charge in [-0.25, -0.2) is 18.5 Å². The number of halogens is 3. The number of aliphatic hydroxyl groups is 1. The van der Waals surface area contributed by atoms with Crippen LogP contribution < -0.4 is 24.4 Å². The zero-order valence-electron chi connectivity index (χ0n) is 25.8. The van der Waals surface area contributed by atoms with E-state index in [2.05, 4.69) is 14.8 Å². The number of carbonyl (C=O) groups is 1. The van der Waals surface area contributed by atoms with E-state index in [-0.39, 0.29) is 18.0 Å². The molecule has 2 aliphatic rings. The van der Waals surface area contributed by atoms with Crippen molar-refractivity contribution in [2.75, 3.05) is 30.4 Å². The number of fused-ring (bicyclic) bond motifs is 2. The molecule has 0 radical (unpaired) electrons. The molecule has 4 aromatic rings. The molecule has 1 saturated heterocycles. The fourth-order valence-electron chi connectivity index (χ4n) is 6.19. The van der Waals surface area contributed by atoms with Gasteiger partial charge < -0.3 is 29.7 Å². The van der Waals surface area contributed by atoms with Gasteiger partial charge in [0.15, 0.2) is 0 Å². The predicted octanol–water partition coefficient (Wildman–Crippen LogP) is 6.09. The summed E-state index contributed by atoms with van der Waals surface area (Å²) < 4.78 is 72.5. The predicted molar refractivity (Wildman–Crippen MR) is 175 cm³/mol. The van der Waals surface area contributed by atoms with Crippen LogP contribution in [0.5, 0.6) is 11.5 Å². The summed E-state index contributed by atoms with van der Waals surface area (Å²) in [4.78, 5) is 17.2. The van der Waals surface area contributed by atoms with Crippen molar-refractivity contribution >= 4 is 33.0 Å². The van der Waals surface area contributed by atoms with Crippen LogP contribution in [0.25, 0.3) is 0 Å². The average Bonchev–Trinajstić information content (AvgIpc) is 3.22. The van der Waals surface area contributed by atoms with Crippen LogP contribution >= 0.6 is 0 Å². The van der Waals surface area contributed by atoms with E-state index in [9.17, 15) is 27.3 Å². The molecular weight excluding hydrogens is 647 g/mol. The summed E-state index contributed by atoms with van der Waals surface area (Å²) in [6, 6.07) is 24.3. The number of aliphatic hydroxyl groups excluding tert-OH is 1. The molecule has 6 rings (SSSR count). The normalized spacial score (nSPS) is 20.5. The molecule has 0 aromatic heterocycles. The Morgan fingerprint density at radius 3 is 2.00 bits per heavy atom. The van der Waals surface area contributed by atoms with Crippen LogP contribution in [0.15, 0.2) is 102 Å². The third-order valence-corrected chi connectivity index (χ3v) is 10.0. The van der Waals surface area contributed by atoms with Gasteiger partial charge in [-0.05, 0) is 84.6 Å². The number of aryl methyl sites for hydroxylation is 2. The summed E-state index contributed by atoms with van der Waals surface area (Å²) in [5, 5.41) is 14.9. The Morgan fingerprint density at radius 1 is 0.875 bits per heavy atom. The molecule has 4 N–H and O–H groups in total. The van der Waals surface area contributed by atoms with Crippen LogP contribution in [-0.4, -0.2) is 65.0 Å². The summed E-state index contributed by atoms with van der Waals surface area (Å²) in [5.41, 5.74) is 4.32. The second-order valence-electron chi connectivity index (χ2n) is 11.5. The molecule has 0 aliphatic carbocycles. The molecule has 0 bridgehead atoms. The Labute approximate surface area is 276 Å². The molecule has 14 heteroatoms. The number of nitrogens with zero attached hydrogens (tertiary/aromatic N) is 2. The first-order valence-electron chi connectivity index (χ1n) is 15.2. The van der Waals surface area contributed by atoms with Gasteiger partial charge in [-0.1, -0.05) is 36.4 Å². The minimum absolute atomic E-state index is 0.0761. The number of alkyl halides is 3. The van der Waals surface area contributed by atoms with Crippen LogP contribution in [0.1, 0.15) is 11.1 Å². The summed E-state index contributed by atoms with van der Waals surface area (Å²) in [7, 11) is -2.35. The van der Waals surface area contributed by atoms with Gasteiger partial charge in [0.05, 0.1) is 30.2 Å². The highest BCUT2D eigenvalue weighted by molar-refractivity contribution is 7.90. The van der Waals surface area contributed by atoms with E-state index in [0.29, 0.717) is 11.4 Å². The Bertz CT molecular complexity index is 1830. The zero-order chi connectivity index (χ0) is 34.1. The number of amides is 2. The second kappa shape index (κ2) is 13.4. The number of benzene rings is 4. The van der Waals surface area contributed by atoms with Gasteiger partial charge in [0.2, 0.25) is 0 Å². The first kappa shape index (κ1) is 33.1. The van der Waals surface area contributed by atoms with Gasteiger partial charge in [-0.3, -0.25) is 0 Å². The van der Waals surface area contributed by atoms with Crippen molar-refractivity contribution in [3.05, 3.63) is 108 Å². The third-order valence-electron chi connectivity index (χ3n) is 8.46. The lowest BCUT2D eigenvalue weighted by atomic mass is 9.94. The van der Waals surface area contributed by atoms with Crippen LogP contribution in [0.4, 0.5) is 35.0 Å². The largest absolute Gasteiger partial charge is 0.573 e. The van der Waals surface area contributed by atoms with Gasteiger partial charge in [-0.2, -0.15) is 0 Å². The fourth-order valence-corrected chi connectivity index (χ4v) is 7.49. The van der Waals surface area contributed by atoms with Gasteiger partial charge in [0.1, 0.15) is 21.4 Å². The van der Waals surface area contributed by atoms with Gasteiger partial charge in [0.25, 0.3) is 0 Å². The molecule has 2 amide bonds. The number of piperidine rings is 1. The van der Waals surface area contributed by atoms with E-state index >= 15 is 0 Å². The van der Waals surface area contributed by atoms with E-state index < -0.39 is 46.2 Å². The fraction of sp³-hybridized carbons (Fsp3) is 0.265. The molecule has 10 nitrogen and oxygen atoms in total. The van der Waals surface area contributed by atoms with Crippen LogP contribution in [0.2, 0.25) is 0 Å². The third kappa shape index (κ3) is 7.20. The smallest absolute Gasteiger partial charge is 0.497 e. The highest BCUT2D eigenvalue weighted by Gasteiger charge is 2.44. The van der Waals surface area contributed by atoms with Crippen LogP contribution in [0.3, 0.4) is 0 Å². The molecule has 0 spiro atoms. The lowest BCUT2D eigenvalue weighted by Gasteiger charge is -2.47. The SMILES string of the molecule is COc1ccc(NC(=O)N2CC(NS(=N)(=O)c3ccc(OC(F)(F)F)cc3)C(O)C(N3c4ccccc4CCc4ccccc43)C2)cc1. The van der Waals surface area contributed by atoms with Crippen LogP contribution in [-0.2, 0) is 22.8 Å². The standard InChI is InChI=1S/C34H34F3N5O5S/c1-46-25-14-12-24(13-15-25)39-33(44)41-20-28(40-48(38,45)27-18-16-26(17-19-27)47-34(35,36)37)32(43)31(21-41)42-29-8-4-2-6-22(29)10-11-23-7-3-5-9-30(23)42/h2-9,12-19,28,31-32,43H,10-11,20-21H2,1H3,(H,39,44)(H2,38,40,45). The number of carbonyl (C=O) groups excluding carboxylic acids is 1. The molecule has 0 saturated carbocycles. The molecule has 252 valence electrons. The van der Waals surface area contributed by atoms with E-state index in [1.807, 2.05) is 53.4 Å². The van der Waals surface area contributed by atoms with Crippen LogP contribution in [0, 0.1) is 4.78 Å². The summed E-state index contributed by atoms with van der Waals surface area (Å²) in [5.74, 6) is 0.0826. The average molecular weight is 682 g/mol. The number of hydrogen-bond donors (Lipinski definition) is 4. The van der Waals surface area contributed by atoms with Crippen molar-refractivity contribution in [1.82, 2.24) is 9.62 Å². The Hall–Kier alpha value is -4.79.